The van der Waals surface area contributed by atoms with Crippen molar-refractivity contribution in [3.05, 3.63) is 47.5 Å². The molecule has 4 heteroatoms. The lowest BCUT2D eigenvalue weighted by Crippen LogP contribution is -2.45. The maximum atomic E-state index is 9.60. The van der Waals surface area contributed by atoms with E-state index in [9.17, 15) is 5.21 Å². The number of rotatable bonds is 2. The number of pyridine rings is 1. The standard InChI is InChI=1S/C23H31N3O/c1-22(2)10-11-23(3,4)19-16-17(8-9-18(19)22)20-6-5-7-21(24-20)25-12-14-26(27)15-13-25/h5-9,16,27H,10-15H2,1-4H3. The van der Waals surface area contributed by atoms with Crippen LogP contribution in [0.5, 0.6) is 0 Å². The second kappa shape index (κ2) is 6.61. The maximum absolute atomic E-state index is 9.60. The Balaban J connectivity index is 1.70. The second-order valence-electron chi connectivity index (χ2n) is 9.35. The molecule has 1 saturated heterocycles. The van der Waals surface area contributed by atoms with Crippen molar-refractivity contribution in [1.82, 2.24) is 10.0 Å². The molecule has 2 aromatic rings. The third-order valence-electron chi connectivity index (χ3n) is 6.46. The highest BCUT2D eigenvalue weighted by Crippen LogP contribution is 2.46. The molecule has 1 aromatic heterocycles. The summed E-state index contributed by atoms with van der Waals surface area (Å²) in [5.74, 6) is 0.998. The first-order chi connectivity index (χ1) is 12.8. The minimum atomic E-state index is 0.204. The number of hydrogen-bond acceptors (Lipinski definition) is 4. The number of hydroxylamine groups is 2. The molecule has 0 amide bonds. The van der Waals surface area contributed by atoms with Crippen LogP contribution >= 0.6 is 0 Å². The minimum absolute atomic E-state index is 0.204. The van der Waals surface area contributed by atoms with Crippen molar-refractivity contribution < 1.29 is 5.21 Å². The highest BCUT2D eigenvalue weighted by Gasteiger charge is 2.37. The van der Waals surface area contributed by atoms with Gasteiger partial charge in [0.05, 0.1) is 5.69 Å². The fourth-order valence-electron chi connectivity index (χ4n) is 4.43. The number of hydrogen-bond donors (Lipinski definition) is 1. The molecule has 27 heavy (non-hydrogen) atoms. The van der Waals surface area contributed by atoms with Crippen molar-refractivity contribution in [3.8, 4) is 11.3 Å². The topological polar surface area (TPSA) is 39.6 Å². The first-order valence-electron chi connectivity index (χ1n) is 10.1. The Labute approximate surface area is 162 Å². The molecule has 1 aliphatic heterocycles. The van der Waals surface area contributed by atoms with Crippen LogP contribution in [0.15, 0.2) is 36.4 Å². The molecule has 0 atom stereocenters. The van der Waals surface area contributed by atoms with Crippen LogP contribution in [-0.4, -0.2) is 41.4 Å². The molecule has 0 bridgehead atoms. The van der Waals surface area contributed by atoms with E-state index in [4.69, 9.17) is 4.98 Å². The first kappa shape index (κ1) is 18.5. The van der Waals surface area contributed by atoms with Gasteiger partial charge in [-0.1, -0.05) is 45.9 Å². The van der Waals surface area contributed by atoms with E-state index < -0.39 is 0 Å². The van der Waals surface area contributed by atoms with Crippen LogP contribution in [-0.2, 0) is 10.8 Å². The summed E-state index contributed by atoms with van der Waals surface area (Å²) in [5.41, 5.74) is 5.62. The lowest BCUT2D eigenvalue weighted by atomic mass is 9.63. The van der Waals surface area contributed by atoms with Crippen LogP contribution in [0.2, 0.25) is 0 Å². The van der Waals surface area contributed by atoms with Gasteiger partial charge in [-0.3, -0.25) is 0 Å². The molecule has 1 aromatic carbocycles. The third-order valence-corrected chi connectivity index (χ3v) is 6.46. The molecular formula is C23H31N3O. The fourth-order valence-corrected chi connectivity index (χ4v) is 4.43. The molecule has 144 valence electrons. The van der Waals surface area contributed by atoms with Gasteiger partial charge < -0.3 is 10.1 Å². The zero-order valence-corrected chi connectivity index (χ0v) is 17.0. The van der Waals surface area contributed by atoms with Gasteiger partial charge in [-0.05, 0) is 53.0 Å². The highest BCUT2D eigenvalue weighted by molar-refractivity contribution is 5.65. The van der Waals surface area contributed by atoms with Crippen LogP contribution < -0.4 is 4.90 Å². The minimum Gasteiger partial charge on any atom is -0.354 e. The average Bonchev–Trinajstić information content (AvgIpc) is 2.66. The molecule has 1 aliphatic carbocycles. The lowest BCUT2D eigenvalue weighted by molar-refractivity contribution is -0.0936. The molecule has 0 unspecified atom stereocenters. The number of benzene rings is 1. The van der Waals surface area contributed by atoms with Crippen molar-refractivity contribution >= 4 is 5.82 Å². The van der Waals surface area contributed by atoms with E-state index >= 15 is 0 Å². The van der Waals surface area contributed by atoms with E-state index in [2.05, 4.69) is 69.0 Å². The summed E-state index contributed by atoms with van der Waals surface area (Å²) in [6.45, 7) is 12.4. The van der Waals surface area contributed by atoms with E-state index in [0.717, 1.165) is 24.6 Å². The summed E-state index contributed by atoms with van der Waals surface area (Å²) in [6, 6.07) is 13.2. The molecule has 1 fully saturated rings. The summed E-state index contributed by atoms with van der Waals surface area (Å²) in [5, 5.41) is 11.0. The van der Waals surface area contributed by atoms with E-state index in [1.807, 2.05) is 0 Å². The van der Waals surface area contributed by atoms with Gasteiger partial charge >= 0.3 is 0 Å². The smallest absolute Gasteiger partial charge is 0.129 e. The van der Waals surface area contributed by atoms with Crippen LogP contribution in [0.4, 0.5) is 5.82 Å². The summed E-state index contributed by atoms with van der Waals surface area (Å²) in [4.78, 5) is 7.20. The summed E-state index contributed by atoms with van der Waals surface area (Å²) >= 11 is 0. The number of piperazine rings is 1. The number of aromatic nitrogens is 1. The molecule has 4 rings (SSSR count). The molecule has 1 N–H and O–H groups in total. The van der Waals surface area contributed by atoms with Crippen LogP contribution in [0.3, 0.4) is 0 Å². The largest absolute Gasteiger partial charge is 0.354 e. The SMILES string of the molecule is CC1(C)CCC(C)(C)c2cc(-c3cccc(N4CCN(O)CC4)n3)ccc21. The molecule has 0 spiro atoms. The molecule has 2 heterocycles. The van der Waals surface area contributed by atoms with Crippen molar-refractivity contribution in [2.24, 2.45) is 0 Å². The summed E-state index contributed by atoms with van der Waals surface area (Å²) in [7, 11) is 0. The molecular weight excluding hydrogens is 334 g/mol. The predicted molar refractivity (Wildman–Crippen MR) is 111 cm³/mol. The third kappa shape index (κ3) is 3.48. The molecule has 4 nitrogen and oxygen atoms in total. The summed E-state index contributed by atoms with van der Waals surface area (Å²) in [6.07, 6.45) is 2.45. The lowest BCUT2D eigenvalue weighted by Gasteiger charge is -2.42. The molecule has 0 saturated carbocycles. The number of fused-ring (bicyclic) bond motifs is 1. The normalized spacial score (nSPS) is 21.7. The second-order valence-corrected chi connectivity index (χ2v) is 9.35. The zero-order valence-electron chi connectivity index (χ0n) is 17.0. The predicted octanol–water partition coefficient (Wildman–Crippen LogP) is 4.61. The molecule has 2 aliphatic rings. The zero-order chi connectivity index (χ0) is 19.2. The summed E-state index contributed by atoms with van der Waals surface area (Å²) < 4.78 is 0. The average molecular weight is 366 g/mol. The maximum Gasteiger partial charge on any atom is 0.129 e. The number of nitrogens with zero attached hydrogens (tertiary/aromatic N) is 3. The Morgan fingerprint density at radius 1 is 0.852 bits per heavy atom. The van der Waals surface area contributed by atoms with Gasteiger partial charge in [0.1, 0.15) is 5.82 Å². The van der Waals surface area contributed by atoms with Crippen molar-refractivity contribution in [2.75, 3.05) is 31.1 Å². The van der Waals surface area contributed by atoms with Crippen molar-refractivity contribution in [2.45, 2.75) is 51.4 Å². The van der Waals surface area contributed by atoms with Gasteiger partial charge in [-0.2, -0.15) is 5.06 Å². The van der Waals surface area contributed by atoms with E-state index in [1.54, 1.807) is 0 Å². The Hall–Kier alpha value is -1.91. The van der Waals surface area contributed by atoms with Gasteiger partial charge in [-0.15, -0.1) is 0 Å². The van der Waals surface area contributed by atoms with E-state index in [1.165, 1.54) is 34.6 Å². The Morgan fingerprint density at radius 3 is 2.22 bits per heavy atom. The quantitative estimate of drug-likeness (QED) is 0.844. The van der Waals surface area contributed by atoms with Crippen LogP contribution in [0.1, 0.15) is 51.7 Å². The van der Waals surface area contributed by atoms with Crippen LogP contribution in [0.25, 0.3) is 11.3 Å². The van der Waals surface area contributed by atoms with Crippen LogP contribution in [0, 0.1) is 0 Å². The van der Waals surface area contributed by atoms with Gasteiger partial charge in [0, 0.05) is 31.7 Å². The van der Waals surface area contributed by atoms with E-state index in [0.29, 0.717) is 13.1 Å². The first-order valence-corrected chi connectivity index (χ1v) is 10.1. The monoisotopic (exact) mass is 365 g/mol. The van der Waals surface area contributed by atoms with Gasteiger partial charge in [0.25, 0.3) is 0 Å². The van der Waals surface area contributed by atoms with Gasteiger partial charge in [0.15, 0.2) is 0 Å². The van der Waals surface area contributed by atoms with Gasteiger partial charge in [0.2, 0.25) is 0 Å². The Bertz CT molecular complexity index is 835. The van der Waals surface area contributed by atoms with Crippen molar-refractivity contribution in [1.29, 1.82) is 0 Å². The number of anilines is 1. The van der Waals surface area contributed by atoms with Crippen molar-refractivity contribution in [3.63, 3.8) is 0 Å². The highest BCUT2D eigenvalue weighted by atomic mass is 16.5. The Morgan fingerprint density at radius 2 is 1.52 bits per heavy atom. The molecule has 0 radical (unpaired) electrons. The van der Waals surface area contributed by atoms with E-state index in [-0.39, 0.29) is 10.8 Å². The fraction of sp³-hybridized carbons (Fsp3) is 0.522. The van der Waals surface area contributed by atoms with Gasteiger partial charge in [-0.25, -0.2) is 4.98 Å². The Kier molecular flexibility index (Phi) is 4.52.